The van der Waals surface area contributed by atoms with Gasteiger partial charge in [0.1, 0.15) is 17.3 Å². The van der Waals surface area contributed by atoms with E-state index < -0.39 is 47.7 Å². The maximum atomic E-state index is 11.7. The molecule has 62 heavy (non-hydrogen) atoms. The number of carboxylic acids is 2. The van der Waals surface area contributed by atoms with Crippen molar-refractivity contribution in [3.8, 4) is 0 Å². The topological polar surface area (TPSA) is 336 Å². The van der Waals surface area contributed by atoms with Gasteiger partial charge in [-0.3, -0.25) is 33.6 Å². The monoisotopic (exact) mass is 1210 g/mol. The van der Waals surface area contributed by atoms with Crippen LogP contribution in [0.2, 0.25) is 0 Å². The van der Waals surface area contributed by atoms with Crippen LogP contribution in [0.1, 0.15) is 60.8 Å². The van der Waals surface area contributed by atoms with Crippen LogP contribution in [0.4, 0.5) is 23.6 Å². The van der Waals surface area contributed by atoms with Gasteiger partial charge >= 0.3 is 23.7 Å². The minimum atomic E-state index is -1.72. The second-order valence-corrected chi connectivity index (χ2v) is 12.6. The molecule has 0 spiro atoms. The summed E-state index contributed by atoms with van der Waals surface area (Å²) in [6, 6.07) is -1.72. The zero-order valence-corrected chi connectivity index (χ0v) is 47.8. The van der Waals surface area contributed by atoms with Crippen LogP contribution < -0.4 is 21.7 Å². The van der Waals surface area contributed by atoms with Gasteiger partial charge in [0.2, 0.25) is 0 Å². The van der Waals surface area contributed by atoms with Crippen molar-refractivity contribution in [2.75, 3.05) is 28.4 Å². The Morgan fingerprint density at radius 2 is 1.08 bits per heavy atom. The third-order valence-electron chi connectivity index (χ3n) is 7.23. The molecule has 1 saturated carbocycles. The molecule has 28 heteroatoms. The van der Waals surface area contributed by atoms with E-state index >= 15 is 0 Å². The number of nitrogens with two attached hydrogens (primary N) is 1. The van der Waals surface area contributed by atoms with Gasteiger partial charge in [-0.25, -0.2) is 32.3 Å². The Bertz CT molecular complexity index is 1450. The number of hydrogen-bond acceptors (Lipinski definition) is 17. The summed E-state index contributed by atoms with van der Waals surface area (Å²) in [5, 5.41) is 21.1. The fourth-order valence-corrected chi connectivity index (χ4v) is 3.58. The van der Waals surface area contributed by atoms with Crippen LogP contribution in [0.15, 0.2) is 11.8 Å². The van der Waals surface area contributed by atoms with E-state index in [0.29, 0.717) is 38.2 Å². The summed E-state index contributed by atoms with van der Waals surface area (Å²) in [4.78, 5) is 114. The Morgan fingerprint density at radius 3 is 1.39 bits per heavy atom. The molecule has 0 aromatic rings. The quantitative estimate of drug-likeness (QED) is 0.0669. The number of nitrogens with one attached hydrogen (secondary N) is 3. The Balaban J connectivity index is -0.0000000990. The van der Waals surface area contributed by atoms with E-state index in [4.69, 9.17) is 14.9 Å². The molecule has 2 rings (SSSR count). The number of carbonyl (C=O) groups excluding carboxylic acids is 9. The summed E-state index contributed by atoms with van der Waals surface area (Å²) >= 11 is 4.60. The predicted molar refractivity (Wildman–Crippen MR) is 197 cm³/mol. The molecule has 2 aliphatic carbocycles. The molecule has 2 unspecified atom stereocenters. The summed E-state index contributed by atoms with van der Waals surface area (Å²) in [6.45, 7) is 14.0. The number of carbonyl (C=O) groups is 11. The number of hydrogen-bond donors (Lipinski definition) is 6. The number of methoxy groups -OCH3 is 4. The van der Waals surface area contributed by atoms with Crippen molar-refractivity contribution < 1.29 is 222 Å². The molecule has 2 atom stereocenters. The third kappa shape index (κ3) is 44.8. The number of amides is 3. The zero-order valence-electron chi connectivity index (χ0n) is 35.7. The largest absolute Gasteiger partial charge is 0.502 e. The first-order chi connectivity index (χ1) is 26.6. The molecule has 3 amide bonds. The Morgan fingerprint density at radius 1 is 0.710 bits per heavy atom. The molecule has 0 aromatic carbocycles. The number of alkyl carbamates (subject to hydrolysis) is 3. The molecule has 7 N–H and O–H groups in total. The predicted octanol–water partition coefficient (Wildman–Crippen LogP) is 2.91. The molecule has 1 fully saturated rings. The second kappa shape index (κ2) is 43.1. The first-order valence-corrected chi connectivity index (χ1v) is 16.4. The maximum Gasteiger partial charge on any atom is 0.403 e. The van der Waals surface area contributed by atoms with Crippen LogP contribution in [0, 0.1) is 48.8 Å². The fourth-order valence-electron chi connectivity index (χ4n) is 3.58. The van der Waals surface area contributed by atoms with E-state index in [2.05, 4.69) is 41.6 Å². The first kappa shape index (κ1) is 77.4. The zero-order chi connectivity index (χ0) is 46.4. The number of ether oxygens (including phenoxy) is 5. The number of Topliss-reactive ketones (excluding diaryl/α,β-unsaturated/α-hetero) is 2. The summed E-state index contributed by atoms with van der Waals surface area (Å²) < 4.78 is 32.5. The molecule has 22 nitrogen and oxygen atoms in total. The van der Waals surface area contributed by atoms with Gasteiger partial charge in [0, 0.05) is 173 Å². The van der Waals surface area contributed by atoms with Crippen LogP contribution in [0.25, 0.3) is 0 Å². The van der Waals surface area contributed by atoms with E-state index in [1.165, 1.54) is 20.3 Å². The van der Waals surface area contributed by atoms with Crippen LogP contribution >= 0.6 is 11.6 Å². The van der Waals surface area contributed by atoms with E-state index in [0.717, 1.165) is 20.8 Å². The van der Waals surface area contributed by atoms with Crippen LogP contribution in [-0.4, -0.2) is 104 Å². The number of halogens is 2. The average Bonchev–Trinajstić information content (AvgIpc) is 3.13. The van der Waals surface area contributed by atoms with E-state index in [9.17, 15) is 57.1 Å². The summed E-state index contributed by atoms with van der Waals surface area (Å²) in [6.07, 6.45) is 0.0974. The summed E-state index contributed by atoms with van der Waals surface area (Å²) in [7, 11) is 4.65. The van der Waals surface area contributed by atoms with Crippen molar-refractivity contribution in [3.05, 3.63) is 38.0 Å². The van der Waals surface area contributed by atoms with Crippen molar-refractivity contribution in [2.45, 2.75) is 60.8 Å². The third-order valence-corrected chi connectivity index (χ3v) is 7.38. The molecule has 0 aromatic heterocycles. The molecule has 4 radical (unpaired) electrons. The first-order valence-electron chi connectivity index (χ1n) is 16.0. The van der Waals surface area contributed by atoms with Crippen molar-refractivity contribution >= 4 is 76.6 Å². The van der Waals surface area contributed by atoms with E-state index in [1.807, 2.05) is 46.9 Å². The second-order valence-electron chi connectivity index (χ2n) is 12.3. The number of ketones is 3. The number of esters is 1. The average molecular weight is 1210 g/mol. The van der Waals surface area contributed by atoms with Gasteiger partial charge in [0.15, 0.2) is 29.7 Å². The van der Waals surface area contributed by atoms with Crippen molar-refractivity contribution in [1.82, 2.24) is 16.0 Å². The summed E-state index contributed by atoms with van der Waals surface area (Å²) in [5.41, 5.74) is 3.29. The molecular weight excluding hydrogens is 1160 g/mol. The SMILES string of the molecule is CC1C(=O)CC(=O)CC1(C)C.COC(=O)Cl.COC(=O)N[CH-]C(=O)F.COC(=O)N[CH-]C(=O)O.COC(=O)N[CH-]C(=O)OC1=CC(=O)C(C)C(C)(C)C1.N[CH-]C(=O)O.[Y].[Y].[Y].[Y]. The number of rotatable bonds is 8. The van der Waals surface area contributed by atoms with Crippen molar-refractivity contribution in [2.24, 2.45) is 28.4 Å². The number of allylic oxidation sites excluding steroid dienone is 2. The standard InChI is InChI=1S/C13H18NO5.C9H14O2.C4H5FNO3.C4H6NO4.C2H3ClO2.C2H4NO2.4Y/c1-8-10(15)5-9(6-13(8,2)3)19-11(16)7-14-12(17)18-4;1-6-8(11)4-7(10)5-9(6,2)3;1-9-4(8)6-2-3(5)7;1-9-4(8)5-2-3(6)7;1-5-2(3)4;3-1-2(4)5;;;;/h5,7-8H,6H2,1-4H3,(H,14,17);6H,4-5H2,1-3H3;2H,1H3,(H,6,8);2H,1H3,(H,5,8)(H,6,7);1H3;1H,3H2,(H,4,5);;;;/q-1;;2*-1;;-1;;;;. The van der Waals surface area contributed by atoms with Gasteiger partial charge in [0.05, 0.1) is 34.9 Å². The van der Waals surface area contributed by atoms with Crippen LogP contribution in [-0.2, 0) is 188 Å². The molecule has 2 aliphatic rings. The van der Waals surface area contributed by atoms with Gasteiger partial charge in [0.25, 0.3) is 0 Å². The molecule has 344 valence electrons. The molecule has 0 saturated heterocycles. The number of aliphatic carboxylic acids is 2. The van der Waals surface area contributed by atoms with Gasteiger partial charge in [-0.1, -0.05) is 41.5 Å². The molecule has 0 bridgehead atoms. The van der Waals surface area contributed by atoms with Gasteiger partial charge in [-0.15, -0.1) is 0 Å². The molecular formula is C34H50ClFN4O18Y4-4. The minimum absolute atomic E-state index is 0. The van der Waals surface area contributed by atoms with Crippen molar-refractivity contribution in [3.63, 3.8) is 0 Å². The normalized spacial score (nSPS) is 15.2. The van der Waals surface area contributed by atoms with Gasteiger partial charge in [-0.2, -0.15) is 17.5 Å². The van der Waals surface area contributed by atoms with Crippen LogP contribution in [0.5, 0.6) is 0 Å². The smallest absolute Gasteiger partial charge is 0.403 e. The number of carboxylic acid groups (broad SMARTS) is 2. The summed E-state index contributed by atoms with van der Waals surface area (Å²) in [5.74, 6) is -2.71. The Labute approximate surface area is 464 Å². The Kier molecular flexibility index (Phi) is 53.8. The fraction of sp³-hybridized carbons (Fsp3) is 0.500. The Hall–Kier alpha value is -1.81. The maximum absolute atomic E-state index is 11.7. The van der Waals surface area contributed by atoms with Gasteiger partial charge < -0.3 is 55.6 Å². The molecule has 0 aliphatic heterocycles. The van der Waals surface area contributed by atoms with Crippen LogP contribution in [0.3, 0.4) is 0 Å². The van der Waals surface area contributed by atoms with E-state index in [1.54, 1.807) is 5.32 Å². The minimum Gasteiger partial charge on any atom is -0.502 e. The van der Waals surface area contributed by atoms with E-state index in [-0.39, 0.29) is 177 Å². The molecule has 0 heterocycles. The van der Waals surface area contributed by atoms with Gasteiger partial charge in [-0.05, 0) is 10.8 Å². The van der Waals surface area contributed by atoms with Crippen molar-refractivity contribution in [1.29, 1.82) is 0 Å².